The first-order valence-corrected chi connectivity index (χ1v) is 12.5. The predicted octanol–water partition coefficient (Wildman–Crippen LogP) is 3.43. The summed E-state index contributed by atoms with van der Waals surface area (Å²) in [5.74, 6) is 2.16. The molecule has 2 aromatic carbocycles. The Kier molecular flexibility index (Phi) is 7.89. The second kappa shape index (κ2) is 11.8. The second-order valence-electron chi connectivity index (χ2n) is 8.82. The summed E-state index contributed by atoms with van der Waals surface area (Å²) in [6.45, 7) is 6.63. The molecule has 0 saturated carbocycles. The SMILES string of the molecule is COc1ccc(CNc2nc(NCCc3ccccc3)c3ncn(CCN4CCOCC4)c3n2)cc1. The fourth-order valence-corrected chi connectivity index (χ4v) is 4.28. The van der Waals surface area contributed by atoms with E-state index in [9.17, 15) is 0 Å². The van der Waals surface area contributed by atoms with Crippen molar-refractivity contribution < 1.29 is 9.47 Å². The molecule has 0 spiro atoms. The number of aromatic nitrogens is 4. The minimum atomic E-state index is 0.577. The Morgan fingerprint density at radius 1 is 0.917 bits per heavy atom. The fraction of sp³-hybridized carbons (Fsp3) is 0.370. The first-order chi connectivity index (χ1) is 17.8. The van der Waals surface area contributed by atoms with E-state index in [2.05, 4.69) is 49.4 Å². The lowest BCUT2D eigenvalue weighted by molar-refractivity contribution is 0.0365. The van der Waals surface area contributed by atoms with Gasteiger partial charge >= 0.3 is 0 Å². The third-order valence-corrected chi connectivity index (χ3v) is 6.38. The standard InChI is InChI=1S/C27H33N7O2/c1-35-23-9-7-22(8-10-23)19-29-27-31-25(28-12-11-21-5-3-2-4-6-21)24-26(32-27)34(20-30-24)14-13-33-15-17-36-18-16-33/h2-10,20H,11-19H2,1H3,(H2,28,29,31,32). The Balaban J connectivity index is 1.33. The smallest absolute Gasteiger partial charge is 0.227 e. The van der Waals surface area contributed by atoms with Crippen LogP contribution in [0.4, 0.5) is 11.8 Å². The molecular weight excluding hydrogens is 454 g/mol. The molecule has 4 aromatic rings. The number of rotatable bonds is 11. The third-order valence-electron chi connectivity index (χ3n) is 6.38. The van der Waals surface area contributed by atoms with Crippen LogP contribution in [-0.2, 0) is 24.2 Å². The maximum atomic E-state index is 5.48. The minimum Gasteiger partial charge on any atom is -0.497 e. The van der Waals surface area contributed by atoms with Crippen LogP contribution < -0.4 is 15.4 Å². The van der Waals surface area contributed by atoms with Gasteiger partial charge in [-0.3, -0.25) is 4.90 Å². The summed E-state index contributed by atoms with van der Waals surface area (Å²) in [6.07, 6.45) is 2.77. The van der Waals surface area contributed by atoms with Gasteiger partial charge in [-0.2, -0.15) is 9.97 Å². The molecule has 36 heavy (non-hydrogen) atoms. The Labute approximate surface area is 211 Å². The van der Waals surface area contributed by atoms with Gasteiger partial charge in [-0.25, -0.2) is 4.98 Å². The Morgan fingerprint density at radius 2 is 1.72 bits per heavy atom. The number of methoxy groups -OCH3 is 1. The quantitative estimate of drug-likeness (QED) is 0.333. The van der Waals surface area contributed by atoms with Crippen LogP contribution in [0.3, 0.4) is 0 Å². The molecule has 1 saturated heterocycles. The average molecular weight is 488 g/mol. The number of hydrogen-bond donors (Lipinski definition) is 2. The molecule has 3 heterocycles. The number of ether oxygens (including phenoxy) is 2. The highest BCUT2D eigenvalue weighted by Gasteiger charge is 2.15. The first kappa shape index (κ1) is 24.0. The van der Waals surface area contributed by atoms with E-state index >= 15 is 0 Å². The van der Waals surface area contributed by atoms with E-state index in [4.69, 9.17) is 19.4 Å². The highest BCUT2D eigenvalue weighted by Crippen LogP contribution is 2.22. The summed E-state index contributed by atoms with van der Waals surface area (Å²) >= 11 is 0. The van der Waals surface area contributed by atoms with E-state index in [-0.39, 0.29) is 0 Å². The van der Waals surface area contributed by atoms with Crippen LogP contribution in [0.15, 0.2) is 60.9 Å². The maximum absolute atomic E-state index is 5.48. The van der Waals surface area contributed by atoms with Crippen molar-refractivity contribution in [1.82, 2.24) is 24.4 Å². The van der Waals surface area contributed by atoms with Crippen LogP contribution >= 0.6 is 0 Å². The molecule has 0 bridgehead atoms. The molecule has 0 atom stereocenters. The van der Waals surface area contributed by atoms with Gasteiger partial charge in [0.1, 0.15) is 5.75 Å². The van der Waals surface area contributed by atoms with Gasteiger partial charge in [0.25, 0.3) is 0 Å². The third kappa shape index (κ3) is 6.10. The summed E-state index contributed by atoms with van der Waals surface area (Å²) in [4.78, 5) is 16.7. The summed E-state index contributed by atoms with van der Waals surface area (Å²) in [5.41, 5.74) is 4.03. The largest absolute Gasteiger partial charge is 0.497 e. The van der Waals surface area contributed by atoms with Crippen molar-refractivity contribution in [2.45, 2.75) is 19.5 Å². The molecular formula is C27H33N7O2. The van der Waals surface area contributed by atoms with Gasteiger partial charge in [0.05, 0.1) is 26.7 Å². The molecule has 9 nitrogen and oxygen atoms in total. The zero-order chi connectivity index (χ0) is 24.6. The van der Waals surface area contributed by atoms with Crippen molar-refractivity contribution in [3.05, 3.63) is 72.1 Å². The van der Waals surface area contributed by atoms with Crippen LogP contribution in [0.5, 0.6) is 5.75 Å². The number of imidazole rings is 1. The number of hydrogen-bond acceptors (Lipinski definition) is 8. The molecule has 1 aliphatic heterocycles. The van der Waals surface area contributed by atoms with Crippen molar-refractivity contribution in [3.8, 4) is 5.75 Å². The van der Waals surface area contributed by atoms with E-state index in [0.717, 1.165) is 80.7 Å². The van der Waals surface area contributed by atoms with Crippen molar-refractivity contribution in [2.75, 3.05) is 57.1 Å². The van der Waals surface area contributed by atoms with Gasteiger partial charge < -0.3 is 24.7 Å². The van der Waals surface area contributed by atoms with Crippen LogP contribution in [0.2, 0.25) is 0 Å². The molecule has 0 amide bonds. The lowest BCUT2D eigenvalue weighted by Gasteiger charge is -2.26. The van der Waals surface area contributed by atoms with E-state index in [1.54, 1.807) is 7.11 Å². The summed E-state index contributed by atoms with van der Waals surface area (Å²) in [7, 11) is 1.67. The Bertz CT molecular complexity index is 1240. The number of nitrogens with zero attached hydrogens (tertiary/aromatic N) is 5. The highest BCUT2D eigenvalue weighted by molar-refractivity contribution is 5.84. The number of nitrogens with one attached hydrogen (secondary N) is 2. The van der Waals surface area contributed by atoms with Gasteiger partial charge in [-0.05, 0) is 29.7 Å². The van der Waals surface area contributed by atoms with E-state index < -0.39 is 0 Å². The second-order valence-corrected chi connectivity index (χ2v) is 8.82. The number of morpholine rings is 1. The van der Waals surface area contributed by atoms with Gasteiger partial charge in [0.2, 0.25) is 5.95 Å². The molecule has 9 heteroatoms. The van der Waals surface area contributed by atoms with E-state index in [1.807, 2.05) is 36.7 Å². The number of fused-ring (bicyclic) bond motifs is 1. The Hall–Kier alpha value is -3.69. The molecule has 1 fully saturated rings. The summed E-state index contributed by atoms with van der Waals surface area (Å²) in [6, 6.07) is 18.4. The normalized spacial score (nSPS) is 14.1. The van der Waals surface area contributed by atoms with Crippen molar-refractivity contribution >= 4 is 22.9 Å². The molecule has 188 valence electrons. The van der Waals surface area contributed by atoms with Gasteiger partial charge in [0.15, 0.2) is 17.0 Å². The van der Waals surface area contributed by atoms with Crippen LogP contribution in [-0.4, -0.2) is 70.9 Å². The minimum absolute atomic E-state index is 0.577. The number of anilines is 2. The molecule has 2 aromatic heterocycles. The lowest BCUT2D eigenvalue weighted by atomic mass is 10.1. The van der Waals surface area contributed by atoms with Crippen molar-refractivity contribution in [3.63, 3.8) is 0 Å². The first-order valence-electron chi connectivity index (χ1n) is 12.5. The van der Waals surface area contributed by atoms with Gasteiger partial charge in [-0.15, -0.1) is 0 Å². The summed E-state index contributed by atoms with van der Waals surface area (Å²) < 4.78 is 12.9. The molecule has 0 radical (unpaired) electrons. The molecule has 1 aliphatic rings. The molecule has 0 aliphatic carbocycles. The van der Waals surface area contributed by atoms with Gasteiger partial charge in [0, 0.05) is 39.3 Å². The maximum Gasteiger partial charge on any atom is 0.227 e. The van der Waals surface area contributed by atoms with Gasteiger partial charge in [-0.1, -0.05) is 42.5 Å². The lowest BCUT2D eigenvalue weighted by Crippen LogP contribution is -2.38. The zero-order valence-corrected chi connectivity index (χ0v) is 20.7. The molecule has 0 unspecified atom stereocenters. The van der Waals surface area contributed by atoms with Crippen molar-refractivity contribution in [1.29, 1.82) is 0 Å². The van der Waals surface area contributed by atoms with Crippen LogP contribution in [0.1, 0.15) is 11.1 Å². The fourth-order valence-electron chi connectivity index (χ4n) is 4.28. The summed E-state index contributed by atoms with van der Waals surface area (Å²) in [5, 5.41) is 6.89. The topological polar surface area (TPSA) is 89.4 Å². The Morgan fingerprint density at radius 3 is 2.50 bits per heavy atom. The van der Waals surface area contributed by atoms with Crippen LogP contribution in [0, 0.1) is 0 Å². The molecule has 5 rings (SSSR count). The predicted molar refractivity (Wildman–Crippen MR) is 142 cm³/mol. The zero-order valence-electron chi connectivity index (χ0n) is 20.7. The van der Waals surface area contributed by atoms with Crippen LogP contribution in [0.25, 0.3) is 11.2 Å². The highest BCUT2D eigenvalue weighted by atomic mass is 16.5. The average Bonchev–Trinajstić information content (AvgIpc) is 3.35. The molecule has 2 N–H and O–H groups in total. The van der Waals surface area contributed by atoms with E-state index in [1.165, 1.54) is 5.56 Å². The van der Waals surface area contributed by atoms with E-state index in [0.29, 0.717) is 12.5 Å². The monoisotopic (exact) mass is 487 g/mol. The number of benzene rings is 2. The van der Waals surface area contributed by atoms with Crippen molar-refractivity contribution in [2.24, 2.45) is 0 Å².